The maximum atomic E-state index is 13.5. The van der Waals surface area contributed by atoms with Crippen molar-refractivity contribution in [2.45, 2.75) is 31.6 Å². The van der Waals surface area contributed by atoms with E-state index in [1.165, 1.54) is 12.1 Å². The molecular formula is C26H24F3N5O2. The van der Waals surface area contributed by atoms with Gasteiger partial charge in [0, 0.05) is 55.2 Å². The number of H-pyrrole nitrogens is 1. The lowest BCUT2D eigenvalue weighted by molar-refractivity contribution is -0.119. The zero-order valence-electron chi connectivity index (χ0n) is 19.3. The minimum absolute atomic E-state index is 0.0858. The van der Waals surface area contributed by atoms with Gasteiger partial charge in [0.05, 0.1) is 17.6 Å². The lowest BCUT2D eigenvalue weighted by atomic mass is 9.82. The number of halogens is 3. The van der Waals surface area contributed by atoms with Crippen molar-refractivity contribution >= 4 is 16.9 Å². The molecular weight excluding hydrogens is 471 g/mol. The molecule has 0 atom stereocenters. The SMILES string of the molecule is O=C(NCCCc1ncc[nH]1)c1ccc2nc(OCC3CC(F)(F)C3)c(-c3ccc(F)cc3)nc2c1. The van der Waals surface area contributed by atoms with Crippen LogP contribution in [-0.2, 0) is 6.42 Å². The standard InChI is InChI=1S/C26H24F3N5O2/c27-19-6-3-17(4-7-19)23-25(36-15-16-13-26(28,29)14-16)34-20-8-5-18(12-21(20)33-23)24(35)32-9-1-2-22-30-10-11-31-22/h3-8,10-12,16H,1-2,9,13-15H2,(H,30,31)(H,32,35). The van der Waals surface area contributed by atoms with E-state index >= 15 is 0 Å². The molecule has 2 heterocycles. The van der Waals surface area contributed by atoms with Crippen LogP contribution in [0, 0.1) is 11.7 Å². The van der Waals surface area contributed by atoms with Crippen molar-refractivity contribution in [2.24, 2.45) is 5.92 Å². The van der Waals surface area contributed by atoms with Crippen LogP contribution in [0.3, 0.4) is 0 Å². The third kappa shape index (κ3) is 5.48. The molecule has 2 aromatic heterocycles. The van der Waals surface area contributed by atoms with Gasteiger partial charge in [-0.05, 0) is 48.9 Å². The van der Waals surface area contributed by atoms with E-state index in [-0.39, 0.29) is 37.2 Å². The molecule has 1 amide bonds. The predicted molar refractivity (Wildman–Crippen MR) is 127 cm³/mol. The first-order valence-corrected chi connectivity index (χ1v) is 11.7. The summed E-state index contributed by atoms with van der Waals surface area (Å²) in [6.07, 6.45) is 4.45. The number of hydrogen-bond acceptors (Lipinski definition) is 5. The van der Waals surface area contributed by atoms with Gasteiger partial charge in [0.15, 0.2) is 0 Å². The lowest BCUT2D eigenvalue weighted by Crippen LogP contribution is -2.38. The normalized spacial score (nSPS) is 15.0. The molecule has 1 saturated carbocycles. The molecule has 0 saturated heterocycles. The molecule has 4 aromatic rings. The molecule has 0 radical (unpaired) electrons. The lowest BCUT2D eigenvalue weighted by Gasteiger charge is -2.34. The van der Waals surface area contributed by atoms with E-state index in [4.69, 9.17) is 4.74 Å². The number of benzene rings is 2. The maximum absolute atomic E-state index is 13.5. The van der Waals surface area contributed by atoms with Crippen LogP contribution in [0.2, 0.25) is 0 Å². The van der Waals surface area contributed by atoms with Gasteiger partial charge in [-0.3, -0.25) is 4.79 Å². The Morgan fingerprint density at radius 3 is 2.64 bits per heavy atom. The molecule has 0 unspecified atom stereocenters. The van der Waals surface area contributed by atoms with Gasteiger partial charge in [0.1, 0.15) is 17.3 Å². The first kappa shape index (κ1) is 23.8. The quantitative estimate of drug-likeness (QED) is 0.321. The summed E-state index contributed by atoms with van der Waals surface area (Å²) in [4.78, 5) is 29.0. The van der Waals surface area contributed by atoms with Crippen LogP contribution in [0.4, 0.5) is 13.2 Å². The second kappa shape index (κ2) is 9.96. The summed E-state index contributed by atoms with van der Waals surface area (Å²) >= 11 is 0. The molecule has 1 fully saturated rings. The van der Waals surface area contributed by atoms with Crippen LogP contribution in [0.25, 0.3) is 22.3 Å². The van der Waals surface area contributed by atoms with E-state index < -0.39 is 11.7 Å². The van der Waals surface area contributed by atoms with Gasteiger partial charge in [0.2, 0.25) is 11.8 Å². The number of carbonyl (C=O) groups is 1. The van der Waals surface area contributed by atoms with Gasteiger partial charge in [0.25, 0.3) is 5.91 Å². The van der Waals surface area contributed by atoms with Crippen molar-refractivity contribution in [1.82, 2.24) is 25.3 Å². The maximum Gasteiger partial charge on any atom is 0.251 e. The molecule has 2 aromatic carbocycles. The molecule has 7 nitrogen and oxygen atoms in total. The van der Waals surface area contributed by atoms with E-state index in [0.29, 0.717) is 34.4 Å². The number of aromatic nitrogens is 4. The fraction of sp³-hybridized carbons (Fsp3) is 0.308. The van der Waals surface area contributed by atoms with Crippen LogP contribution < -0.4 is 10.1 Å². The summed E-state index contributed by atoms with van der Waals surface area (Å²) < 4.78 is 45.7. The van der Waals surface area contributed by atoms with Crippen molar-refractivity contribution in [2.75, 3.05) is 13.2 Å². The van der Waals surface area contributed by atoms with E-state index in [2.05, 4.69) is 25.3 Å². The molecule has 1 aliphatic carbocycles. The second-order valence-electron chi connectivity index (χ2n) is 8.92. The van der Waals surface area contributed by atoms with Gasteiger partial charge < -0.3 is 15.0 Å². The summed E-state index contributed by atoms with van der Waals surface area (Å²) in [5, 5.41) is 2.89. The topological polar surface area (TPSA) is 92.8 Å². The van der Waals surface area contributed by atoms with Gasteiger partial charge >= 0.3 is 0 Å². The minimum atomic E-state index is -2.64. The highest BCUT2D eigenvalue weighted by atomic mass is 19.3. The summed E-state index contributed by atoms with van der Waals surface area (Å²) in [5.41, 5.74) is 2.28. The monoisotopic (exact) mass is 495 g/mol. The van der Waals surface area contributed by atoms with Crippen molar-refractivity contribution < 1.29 is 22.7 Å². The fourth-order valence-corrected chi connectivity index (χ4v) is 4.17. The van der Waals surface area contributed by atoms with Crippen molar-refractivity contribution in [3.8, 4) is 17.1 Å². The Morgan fingerprint density at radius 2 is 1.92 bits per heavy atom. The van der Waals surface area contributed by atoms with Crippen molar-refractivity contribution in [1.29, 1.82) is 0 Å². The number of amides is 1. The van der Waals surface area contributed by atoms with Crippen LogP contribution in [0.5, 0.6) is 5.88 Å². The Bertz CT molecular complexity index is 1350. The number of fused-ring (bicyclic) bond motifs is 1. The first-order chi connectivity index (χ1) is 17.4. The molecule has 0 aliphatic heterocycles. The molecule has 0 spiro atoms. The Morgan fingerprint density at radius 1 is 1.11 bits per heavy atom. The summed E-state index contributed by atoms with van der Waals surface area (Å²) in [5.74, 6) is -2.51. The van der Waals surface area contributed by atoms with Gasteiger partial charge in [-0.15, -0.1) is 0 Å². The fourth-order valence-electron chi connectivity index (χ4n) is 4.17. The number of aromatic amines is 1. The van der Waals surface area contributed by atoms with Crippen LogP contribution in [0.1, 0.15) is 35.4 Å². The molecule has 36 heavy (non-hydrogen) atoms. The van der Waals surface area contributed by atoms with Gasteiger partial charge in [-0.2, -0.15) is 0 Å². The average Bonchev–Trinajstić information content (AvgIpc) is 3.37. The molecule has 0 bridgehead atoms. The Hall–Kier alpha value is -3.95. The molecule has 186 valence electrons. The van der Waals surface area contributed by atoms with Gasteiger partial charge in [-0.25, -0.2) is 28.1 Å². The number of rotatable bonds is 9. The Kier molecular flexibility index (Phi) is 6.58. The van der Waals surface area contributed by atoms with Crippen LogP contribution >= 0.6 is 0 Å². The summed E-state index contributed by atoms with van der Waals surface area (Å²) in [6, 6.07) is 10.6. The van der Waals surface area contributed by atoms with E-state index in [0.717, 1.165) is 18.7 Å². The molecule has 1 aliphatic rings. The number of imidazole rings is 1. The number of nitrogens with one attached hydrogen (secondary N) is 2. The highest BCUT2D eigenvalue weighted by Gasteiger charge is 2.45. The minimum Gasteiger partial charge on any atom is -0.476 e. The van der Waals surface area contributed by atoms with Gasteiger partial charge in [-0.1, -0.05) is 0 Å². The Balaban J connectivity index is 1.34. The number of hydrogen-bond donors (Lipinski definition) is 2. The molecule has 5 rings (SSSR count). The van der Waals surface area contributed by atoms with E-state index in [1.54, 1.807) is 42.7 Å². The predicted octanol–water partition coefficient (Wildman–Crippen LogP) is 4.95. The highest BCUT2D eigenvalue weighted by Crippen LogP contribution is 2.42. The van der Waals surface area contributed by atoms with Crippen LogP contribution in [-0.4, -0.2) is 44.9 Å². The average molecular weight is 496 g/mol. The van der Waals surface area contributed by atoms with Crippen molar-refractivity contribution in [3.63, 3.8) is 0 Å². The van der Waals surface area contributed by atoms with Crippen LogP contribution in [0.15, 0.2) is 54.9 Å². The van der Waals surface area contributed by atoms with E-state index in [9.17, 15) is 18.0 Å². The summed E-state index contributed by atoms with van der Waals surface area (Å²) in [7, 11) is 0. The first-order valence-electron chi connectivity index (χ1n) is 11.7. The number of carbonyl (C=O) groups excluding carboxylic acids is 1. The highest BCUT2D eigenvalue weighted by molar-refractivity contribution is 5.97. The second-order valence-corrected chi connectivity index (χ2v) is 8.92. The number of nitrogens with zero attached hydrogens (tertiary/aromatic N) is 3. The van der Waals surface area contributed by atoms with E-state index in [1.807, 2.05) is 0 Å². The number of ether oxygens (including phenoxy) is 1. The third-order valence-electron chi connectivity index (χ3n) is 6.07. The largest absolute Gasteiger partial charge is 0.476 e. The zero-order chi connectivity index (χ0) is 25.1. The summed E-state index contributed by atoms with van der Waals surface area (Å²) in [6.45, 7) is 0.569. The zero-order valence-corrected chi connectivity index (χ0v) is 19.3. The third-order valence-corrected chi connectivity index (χ3v) is 6.07. The number of aryl methyl sites for hydroxylation is 1. The molecule has 2 N–H and O–H groups in total. The number of alkyl halides is 2. The Labute approximate surface area is 205 Å². The smallest absolute Gasteiger partial charge is 0.251 e. The molecule has 10 heteroatoms. The van der Waals surface area contributed by atoms with Crippen molar-refractivity contribution in [3.05, 3.63) is 72.1 Å².